The van der Waals surface area contributed by atoms with E-state index in [1.807, 2.05) is 16.5 Å². The molecule has 1 aromatic rings. The molecule has 1 saturated carbocycles. The van der Waals surface area contributed by atoms with Crippen molar-refractivity contribution in [3.63, 3.8) is 0 Å². The summed E-state index contributed by atoms with van der Waals surface area (Å²) in [6.07, 6.45) is 6.62. The van der Waals surface area contributed by atoms with Crippen molar-refractivity contribution < 1.29 is 4.79 Å². The molecule has 3 rings (SSSR count). The van der Waals surface area contributed by atoms with E-state index in [2.05, 4.69) is 24.2 Å². The molecule has 124 valence electrons. The fourth-order valence-electron chi connectivity index (χ4n) is 4.16. The number of hydrogen-bond donors (Lipinski definition) is 0. The molecule has 5 nitrogen and oxygen atoms in total. The highest BCUT2D eigenvalue weighted by Gasteiger charge is 2.45. The van der Waals surface area contributed by atoms with Crippen LogP contribution in [-0.4, -0.2) is 33.2 Å². The van der Waals surface area contributed by atoms with Crippen LogP contribution in [0.15, 0.2) is 6.07 Å². The number of aromatic nitrogens is 2. The summed E-state index contributed by atoms with van der Waals surface area (Å²) in [6, 6.07) is 4.62. The summed E-state index contributed by atoms with van der Waals surface area (Å²) in [4.78, 5) is 15.1. The van der Waals surface area contributed by atoms with Gasteiger partial charge in [0.05, 0.1) is 24.3 Å². The number of aryl methyl sites for hydroxylation is 2. The summed E-state index contributed by atoms with van der Waals surface area (Å²) < 4.78 is 2.01. The molecule has 1 aliphatic heterocycles. The molecule has 1 saturated heterocycles. The Balaban J connectivity index is 1.77. The van der Waals surface area contributed by atoms with E-state index in [4.69, 9.17) is 0 Å². The molecule has 0 radical (unpaired) electrons. The predicted octanol–water partition coefficient (Wildman–Crippen LogP) is 2.97. The van der Waals surface area contributed by atoms with Gasteiger partial charge >= 0.3 is 0 Å². The van der Waals surface area contributed by atoms with E-state index in [1.165, 1.54) is 0 Å². The SMILES string of the molecule is Cc1cc(C)n(C[C@H]2CCCN2C(=O)C2(C#N)CCCCC2)n1. The van der Waals surface area contributed by atoms with Gasteiger partial charge in [-0.05, 0) is 45.6 Å². The van der Waals surface area contributed by atoms with Gasteiger partial charge in [-0.1, -0.05) is 19.3 Å². The fourth-order valence-corrected chi connectivity index (χ4v) is 4.16. The largest absolute Gasteiger partial charge is 0.336 e. The number of carbonyl (C=O) groups is 1. The first-order chi connectivity index (χ1) is 11.1. The van der Waals surface area contributed by atoms with Gasteiger partial charge in [-0.25, -0.2) is 0 Å². The first kappa shape index (κ1) is 16.0. The molecule has 2 heterocycles. The normalized spacial score (nSPS) is 23.7. The first-order valence-electron chi connectivity index (χ1n) is 8.79. The lowest BCUT2D eigenvalue weighted by Gasteiger charge is -2.35. The predicted molar refractivity (Wildman–Crippen MR) is 87.6 cm³/mol. The van der Waals surface area contributed by atoms with Crippen LogP contribution < -0.4 is 0 Å². The van der Waals surface area contributed by atoms with Crippen LogP contribution in [0.4, 0.5) is 0 Å². The van der Waals surface area contributed by atoms with E-state index in [9.17, 15) is 10.1 Å². The number of nitrogens with zero attached hydrogens (tertiary/aromatic N) is 4. The average molecular weight is 314 g/mol. The summed E-state index contributed by atoms with van der Waals surface area (Å²) >= 11 is 0. The van der Waals surface area contributed by atoms with E-state index in [0.29, 0.717) is 0 Å². The van der Waals surface area contributed by atoms with Gasteiger partial charge in [0.1, 0.15) is 5.41 Å². The average Bonchev–Trinajstić information content (AvgIpc) is 3.14. The van der Waals surface area contributed by atoms with Gasteiger partial charge in [0.25, 0.3) is 0 Å². The molecular formula is C18H26N4O. The zero-order chi connectivity index (χ0) is 16.4. The quantitative estimate of drug-likeness (QED) is 0.861. The molecule has 5 heteroatoms. The smallest absolute Gasteiger partial charge is 0.243 e. The molecule has 23 heavy (non-hydrogen) atoms. The van der Waals surface area contributed by atoms with Gasteiger partial charge in [-0.2, -0.15) is 10.4 Å². The van der Waals surface area contributed by atoms with E-state index in [1.54, 1.807) is 0 Å². The van der Waals surface area contributed by atoms with Gasteiger partial charge < -0.3 is 4.90 Å². The van der Waals surface area contributed by atoms with Crippen molar-refractivity contribution in [3.8, 4) is 6.07 Å². The molecular weight excluding hydrogens is 288 g/mol. The number of carbonyl (C=O) groups excluding carboxylic acids is 1. The molecule has 2 aliphatic rings. The van der Waals surface area contributed by atoms with Crippen molar-refractivity contribution in [2.24, 2.45) is 5.41 Å². The Labute approximate surface area is 138 Å². The third kappa shape index (κ3) is 2.99. The summed E-state index contributed by atoms with van der Waals surface area (Å²) in [5.74, 6) is 0.0729. The Hall–Kier alpha value is -1.83. The third-order valence-corrected chi connectivity index (χ3v) is 5.46. The van der Waals surface area contributed by atoms with E-state index >= 15 is 0 Å². The van der Waals surface area contributed by atoms with Crippen molar-refractivity contribution in [1.29, 1.82) is 5.26 Å². The van der Waals surface area contributed by atoms with Crippen LogP contribution in [0.1, 0.15) is 56.3 Å². The van der Waals surface area contributed by atoms with Crippen molar-refractivity contribution in [3.05, 3.63) is 17.5 Å². The maximum atomic E-state index is 13.1. The van der Waals surface area contributed by atoms with Crippen LogP contribution in [0.5, 0.6) is 0 Å². The molecule has 1 aromatic heterocycles. The first-order valence-corrected chi connectivity index (χ1v) is 8.79. The third-order valence-electron chi connectivity index (χ3n) is 5.46. The lowest BCUT2D eigenvalue weighted by molar-refractivity contribution is -0.141. The Morgan fingerprint density at radius 2 is 2.09 bits per heavy atom. The molecule has 2 fully saturated rings. The highest BCUT2D eigenvalue weighted by Crippen LogP contribution is 2.39. The van der Waals surface area contributed by atoms with Gasteiger partial charge in [-0.15, -0.1) is 0 Å². The van der Waals surface area contributed by atoms with Crippen LogP contribution in [-0.2, 0) is 11.3 Å². The number of rotatable bonds is 3. The topological polar surface area (TPSA) is 61.9 Å². The Kier molecular flexibility index (Phi) is 4.43. The summed E-state index contributed by atoms with van der Waals surface area (Å²) in [6.45, 7) is 5.58. The number of nitriles is 1. The molecule has 1 atom stereocenters. The number of likely N-dealkylation sites (tertiary alicyclic amines) is 1. The van der Waals surface area contributed by atoms with Gasteiger partial charge in [0.2, 0.25) is 5.91 Å². The minimum Gasteiger partial charge on any atom is -0.336 e. The lowest BCUT2D eigenvalue weighted by Crippen LogP contribution is -2.47. The number of hydrogen-bond acceptors (Lipinski definition) is 3. The van der Waals surface area contributed by atoms with Crippen LogP contribution in [0.25, 0.3) is 0 Å². The monoisotopic (exact) mass is 314 g/mol. The highest BCUT2D eigenvalue weighted by molar-refractivity contribution is 5.86. The molecule has 1 aliphatic carbocycles. The summed E-state index contributed by atoms with van der Waals surface area (Å²) in [5.41, 5.74) is 1.38. The Bertz CT molecular complexity index is 621. The second kappa shape index (κ2) is 6.35. The van der Waals surface area contributed by atoms with Crippen LogP contribution >= 0.6 is 0 Å². The lowest BCUT2D eigenvalue weighted by atomic mass is 9.74. The number of amides is 1. The zero-order valence-corrected chi connectivity index (χ0v) is 14.2. The molecule has 0 unspecified atom stereocenters. The molecule has 0 spiro atoms. The van der Waals surface area contributed by atoms with Crippen molar-refractivity contribution in [2.75, 3.05) is 6.54 Å². The summed E-state index contributed by atoms with van der Waals surface area (Å²) in [7, 11) is 0. The molecule has 0 aromatic carbocycles. The van der Waals surface area contributed by atoms with Crippen molar-refractivity contribution >= 4 is 5.91 Å². The van der Waals surface area contributed by atoms with E-state index < -0.39 is 5.41 Å². The standard InChI is InChI=1S/C18H26N4O/c1-14-11-15(2)22(20-14)12-16-7-6-10-21(16)17(23)18(13-19)8-4-3-5-9-18/h11,16H,3-10,12H2,1-2H3/t16-/m1/s1. The van der Waals surface area contributed by atoms with Crippen LogP contribution in [0.3, 0.4) is 0 Å². The highest BCUT2D eigenvalue weighted by atomic mass is 16.2. The second-order valence-corrected chi connectivity index (χ2v) is 7.16. The second-order valence-electron chi connectivity index (χ2n) is 7.16. The maximum Gasteiger partial charge on any atom is 0.243 e. The Morgan fingerprint density at radius 1 is 1.35 bits per heavy atom. The minimum absolute atomic E-state index is 0.0729. The van der Waals surface area contributed by atoms with E-state index in [-0.39, 0.29) is 11.9 Å². The van der Waals surface area contributed by atoms with E-state index in [0.717, 1.165) is 69.4 Å². The fraction of sp³-hybridized carbons (Fsp3) is 0.722. The molecule has 1 amide bonds. The van der Waals surface area contributed by atoms with Crippen molar-refractivity contribution in [1.82, 2.24) is 14.7 Å². The van der Waals surface area contributed by atoms with Crippen LogP contribution in [0.2, 0.25) is 0 Å². The zero-order valence-electron chi connectivity index (χ0n) is 14.2. The van der Waals surface area contributed by atoms with Crippen molar-refractivity contribution in [2.45, 2.75) is 71.4 Å². The maximum absolute atomic E-state index is 13.1. The molecule has 0 N–H and O–H groups in total. The summed E-state index contributed by atoms with van der Waals surface area (Å²) in [5, 5.41) is 14.2. The van der Waals surface area contributed by atoms with Gasteiger partial charge in [-0.3, -0.25) is 9.48 Å². The Morgan fingerprint density at radius 3 is 2.70 bits per heavy atom. The van der Waals surface area contributed by atoms with Gasteiger partial charge in [0.15, 0.2) is 0 Å². The van der Waals surface area contributed by atoms with Gasteiger partial charge in [0, 0.05) is 12.2 Å². The molecule has 0 bridgehead atoms. The van der Waals surface area contributed by atoms with Crippen LogP contribution in [0, 0.1) is 30.6 Å². The minimum atomic E-state index is -0.768.